The average Bonchev–Trinajstić information content (AvgIpc) is 2.95. The zero-order valence-corrected chi connectivity index (χ0v) is 9.11. The molecule has 1 aromatic carbocycles. The summed E-state index contributed by atoms with van der Waals surface area (Å²) in [5.41, 5.74) is 0.730. The molecule has 0 saturated carbocycles. The monoisotopic (exact) mass is 245 g/mol. The Balaban J connectivity index is 2.13. The molecule has 2 aromatic heterocycles. The van der Waals surface area contributed by atoms with Crippen LogP contribution in [-0.4, -0.2) is 16.1 Å². The second-order valence-corrected chi connectivity index (χ2v) is 3.86. The highest BCUT2D eigenvalue weighted by Crippen LogP contribution is 2.28. The molecular formula is C13H8FNO3. The van der Waals surface area contributed by atoms with Crippen molar-refractivity contribution in [2.45, 2.75) is 0 Å². The van der Waals surface area contributed by atoms with Gasteiger partial charge in [0.1, 0.15) is 5.69 Å². The molecule has 0 aliphatic rings. The maximum Gasteiger partial charge on any atom is 0.352 e. The van der Waals surface area contributed by atoms with Crippen LogP contribution in [0, 0.1) is 5.82 Å². The van der Waals surface area contributed by atoms with E-state index in [0.29, 0.717) is 16.8 Å². The first-order valence-electron chi connectivity index (χ1n) is 5.26. The Kier molecular flexibility index (Phi) is 2.19. The molecule has 0 bridgehead atoms. The summed E-state index contributed by atoms with van der Waals surface area (Å²) in [6.45, 7) is 0. The number of hydrogen-bond donors (Lipinski definition) is 2. The lowest BCUT2D eigenvalue weighted by Gasteiger charge is -1.91. The molecule has 0 radical (unpaired) electrons. The molecule has 2 N–H and O–H groups in total. The predicted octanol–water partition coefficient (Wildman–Crippen LogP) is 3.27. The highest BCUT2D eigenvalue weighted by molar-refractivity contribution is 5.87. The highest BCUT2D eigenvalue weighted by Gasteiger charge is 2.12. The second-order valence-electron chi connectivity index (χ2n) is 3.86. The van der Waals surface area contributed by atoms with Gasteiger partial charge in [0, 0.05) is 5.39 Å². The van der Waals surface area contributed by atoms with Gasteiger partial charge in [-0.1, -0.05) is 12.1 Å². The molecule has 2 heterocycles. The number of benzene rings is 1. The minimum atomic E-state index is -1.05. The Morgan fingerprint density at radius 1 is 1.28 bits per heavy atom. The van der Waals surface area contributed by atoms with Crippen molar-refractivity contribution >= 4 is 16.9 Å². The van der Waals surface area contributed by atoms with Crippen LogP contribution in [0.25, 0.3) is 22.4 Å². The first kappa shape index (κ1) is 10.6. The van der Waals surface area contributed by atoms with Crippen molar-refractivity contribution in [2.24, 2.45) is 0 Å². The first-order chi connectivity index (χ1) is 8.65. The van der Waals surface area contributed by atoms with Crippen LogP contribution in [0.15, 0.2) is 40.8 Å². The second kappa shape index (κ2) is 3.73. The van der Waals surface area contributed by atoms with Crippen molar-refractivity contribution in [2.75, 3.05) is 0 Å². The van der Waals surface area contributed by atoms with Crippen LogP contribution in [0.3, 0.4) is 0 Å². The van der Waals surface area contributed by atoms with Crippen LogP contribution in [-0.2, 0) is 0 Å². The number of fused-ring (bicyclic) bond motifs is 1. The number of rotatable bonds is 2. The SMILES string of the molecule is O=C(O)c1ccc(-c2cc3cccc(F)c3o2)[nH]1. The van der Waals surface area contributed by atoms with Gasteiger partial charge in [0.15, 0.2) is 17.2 Å². The Morgan fingerprint density at radius 2 is 2.11 bits per heavy atom. The van der Waals surface area contributed by atoms with Gasteiger partial charge in [0.25, 0.3) is 0 Å². The minimum Gasteiger partial charge on any atom is -0.477 e. The summed E-state index contributed by atoms with van der Waals surface area (Å²) in [5, 5.41) is 9.44. The summed E-state index contributed by atoms with van der Waals surface area (Å²) in [7, 11) is 0. The number of para-hydroxylation sites is 1. The fourth-order valence-corrected chi connectivity index (χ4v) is 1.82. The molecule has 18 heavy (non-hydrogen) atoms. The van der Waals surface area contributed by atoms with E-state index in [9.17, 15) is 9.18 Å². The van der Waals surface area contributed by atoms with Gasteiger partial charge in [0.05, 0.1) is 5.69 Å². The van der Waals surface area contributed by atoms with E-state index in [-0.39, 0.29) is 11.3 Å². The molecule has 0 aliphatic carbocycles. The third-order valence-electron chi connectivity index (χ3n) is 2.68. The zero-order chi connectivity index (χ0) is 12.7. The number of hydrogen-bond acceptors (Lipinski definition) is 2. The molecule has 5 heteroatoms. The summed E-state index contributed by atoms with van der Waals surface area (Å²) in [6, 6.07) is 9.31. The van der Waals surface area contributed by atoms with Crippen molar-refractivity contribution in [3.63, 3.8) is 0 Å². The largest absolute Gasteiger partial charge is 0.477 e. The van der Waals surface area contributed by atoms with E-state index in [4.69, 9.17) is 9.52 Å². The van der Waals surface area contributed by atoms with Gasteiger partial charge in [-0.05, 0) is 24.3 Å². The molecule has 3 aromatic rings. The van der Waals surface area contributed by atoms with Gasteiger partial charge in [-0.25, -0.2) is 9.18 Å². The zero-order valence-electron chi connectivity index (χ0n) is 9.11. The number of aromatic carboxylic acids is 1. The Bertz CT molecular complexity index is 742. The van der Waals surface area contributed by atoms with Crippen LogP contribution >= 0.6 is 0 Å². The molecule has 0 spiro atoms. The van der Waals surface area contributed by atoms with Gasteiger partial charge in [-0.3, -0.25) is 0 Å². The highest BCUT2D eigenvalue weighted by atomic mass is 19.1. The van der Waals surface area contributed by atoms with Gasteiger partial charge in [-0.15, -0.1) is 0 Å². The third kappa shape index (κ3) is 1.57. The molecule has 4 nitrogen and oxygen atoms in total. The number of carboxylic acid groups (broad SMARTS) is 1. The molecule has 0 saturated heterocycles. The van der Waals surface area contributed by atoms with Crippen molar-refractivity contribution in [3.8, 4) is 11.5 Å². The van der Waals surface area contributed by atoms with Crippen LogP contribution in [0.4, 0.5) is 4.39 Å². The molecule has 3 rings (SSSR count). The van der Waals surface area contributed by atoms with E-state index in [1.54, 1.807) is 24.3 Å². The first-order valence-corrected chi connectivity index (χ1v) is 5.26. The topological polar surface area (TPSA) is 66.2 Å². The molecule has 0 aliphatic heterocycles. The Labute approximate surface area is 101 Å². The number of nitrogens with one attached hydrogen (secondary N) is 1. The van der Waals surface area contributed by atoms with Crippen molar-refractivity contribution < 1.29 is 18.7 Å². The molecule has 0 unspecified atom stereocenters. The average molecular weight is 245 g/mol. The summed E-state index contributed by atoms with van der Waals surface area (Å²) in [4.78, 5) is 13.4. The number of carboxylic acids is 1. The predicted molar refractivity (Wildman–Crippen MR) is 62.9 cm³/mol. The molecule has 0 amide bonds. The smallest absolute Gasteiger partial charge is 0.352 e. The molecule has 0 atom stereocenters. The number of furan rings is 1. The maximum atomic E-state index is 13.5. The fraction of sp³-hybridized carbons (Fsp3) is 0. The van der Waals surface area contributed by atoms with Crippen molar-refractivity contribution in [3.05, 3.63) is 47.9 Å². The van der Waals surface area contributed by atoms with Gasteiger partial charge < -0.3 is 14.5 Å². The summed E-state index contributed by atoms with van der Waals surface area (Å²) < 4.78 is 18.8. The van der Waals surface area contributed by atoms with E-state index >= 15 is 0 Å². The molecule has 90 valence electrons. The van der Waals surface area contributed by atoms with Crippen LogP contribution in [0.5, 0.6) is 0 Å². The van der Waals surface area contributed by atoms with E-state index in [0.717, 1.165) is 0 Å². The van der Waals surface area contributed by atoms with Crippen LogP contribution < -0.4 is 0 Å². The van der Waals surface area contributed by atoms with Gasteiger partial charge >= 0.3 is 5.97 Å². The number of carbonyl (C=O) groups is 1. The molecular weight excluding hydrogens is 237 g/mol. The van der Waals surface area contributed by atoms with Crippen LogP contribution in [0.2, 0.25) is 0 Å². The summed E-state index contributed by atoms with van der Waals surface area (Å²) in [6.07, 6.45) is 0. The fourth-order valence-electron chi connectivity index (χ4n) is 1.82. The van der Waals surface area contributed by atoms with Crippen LogP contribution in [0.1, 0.15) is 10.5 Å². The Morgan fingerprint density at radius 3 is 2.78 bits per heavy atom. The quantitative estimate of drug-likeness (QED) is 0.728. The summed E-state index contributed by atoms with van der Waals surface area (Å²) >= 11 is 0. The number of halogens is 1. The van der Waals surface area contributed by atoms with E-state index in [1.165, 1.54) is 12.1 Å². The van der Waals surface area contributed by atoms with E-state index in [1.807, 2.05) is 0 Å². The van der Waals surface area contributed by atoms with Crippen molar-refractivity contribution in [1.29, 1.82) is 0 Å². The minimum absolute atomic E-state index is 0.0610. The van der Waals surface area contributed by atoms with E-state index < -0.39 is 11.8 Å². The lowest BCUT2D eigenvalue weighted by molar-refractivity contribution is 0.0691. The number of H-pyrrole nitrogens is 1. The standard InChI is InChI=1S/C13H8FNO3/c14-8-3-1-2-7-6-11(18-12(7)8)9-4-5-10(15-9)13(16)17/h1-6,15H,(H,16,17). The van der Waals surface area contributed by atoms with Gasteiger partial charge in [0.2, 0.25) is 0 Å². The maximum absolute atomic E-state index is 13.5. The van der Waals surface area contributed by atoms with E-state index in [2.05, 4.69) is 4.98 Å². The number of aromatic amines is 1. The lowest BCUT2D eigenvalue weighted by atomic mass is 10.2. The third-order valence-corrected chi connectivity index (χ3v) is 2.68. The normalized spacial score (nSPS) is 10.9. The molecule has 0 fully saturated rings. The number of aromatic nitrogens is 1. The van der Waals surface area contributed by atoms with Crippen molar-refractivity contribution in [1.82, 2.24) is 4.98 Å². The Hall–Kier alpha value is -2.56. The lowest BCUT2D eigenvalue weighted by Crippen LogP contribution is -1.95. The van der Waals surface area contributed by atoms with Gasteiger partial charge in [-0.2, -0.15) is 0 Å². The summed E-state index contributed by atoms with van der Waals surface area (Å²) in [5.74, 6) is -1.09.